The van der Waals surface area contributed by atoms with Gasteiger partial charge in [0.15, 0.2) is 0 Å². The molecule has 0 aliphatic carbocycles. The predicted molar refractivity (Wildman–Crippen MR) is 92.1 cm³/mol. The van der Waals surface area contributed by atoms with Gasteiger partial charge in [0.05, 0.1) is 6.61 Å². The lowest BCUT2D eigenvalue weighted by Gasteiger charge is -2.10. The van der Waals surface area contributed by atoms with Crippen LogP contribution in [-0.2, 0) is 17.9 Å². The molecule has 1 aromatic carbocycles. The summed E-state index contributed by atoms with van der Waals surface area (Å²) in [6.07, 6.45) is 0. The minimum absolute atomic E-state index is 0.633. The number of nitrogens with one attached hydrogen (secondary N) is 1. The zero-order chi connectivity index (χ0) is 14.5. The molecule has 0 bridgehead atoms. The van der Waals surface area contributed by atoms with Crippen LogP contribution in [0.3, 0.4) is 0 Å². The van der Waals surface area contributed by atoms with Crippen LogP contribution in [0, 0.1) is 0 Å². The molecule has 0 atom stereocenters. The minimum atomic E-state index is 0.633. The topological polar surface area (TPSA) is 21.3 Å². The van der Waals surface area contributed by atoms with Crippen LogP contribution in [0.15, 0.2) is 53.2 Å². The van der Waals surface area contributed by atoms with Gasteiger partial charge in [-0.05, 0) is 29.0 Å². The Hall–Kier alpha value is -1.62. The third kappa shape index (κ3) is 3.53. The quantitative estimate of drug-likeness (QED) is 0.672. The van der Waals surface area contributed by atoms with Crippen LogP contribution in [0.2, 0.25) is 0 Å². The summed E-state index contributed by atoms with van der Waals surface area (Å²) in [4.78, 5) is 2.67. The highest BCUT2D eigenvalue weighted by Gasteiger charge is 2.05. The Morgan fingerprint density at radius 3 is 2.81 bits per heavy atom. The summed E-state index contributed by atoms with van der Waals surface area (Å²) in [7, 11) is 1.73. The van der Waals surface area contributed by atoms with Crippen molar-refractivity contribution in [3.8, 4) is 10.4 Å². The average Bonchev–Trinajstić information content (AvgIpc) is 3.18. The van der Waals surface area contributed by atoms with E-state index in [1.807, 2.05) is 12.1 Å². The van der Waals surface area contributed by atoms with E-state index >= 15 is 0 Å². The largest absolute Gasteiger partial charge is 0.380 e. The highest BCUT2D eigenvalue weighted by molar-refractivity contribution is 7.14. The highest BCUT2D eigenvalue weighted by atomic mass is 32.1. The zero-order valence-electron chi connectivity index (χ0n) is 11.8. The number of para-hydroxylation sites is 1. The van der Waals surface area contributed by atoms with E-state index in [4.69, 9.17) is 4.74 Å². The molecular weight excluding hydrogens is 298 g/mol. The SMILES string of the molecule is COCc1ccccc1NCc1cc(-c2cccs2)cs1. The number of anilines is 1. The molecule has 0 fully saturated rings. The molecule has 0 aliphatic heterocycles. The van der Waals surface area contributed by atoms with Gasteiger partial charge in [-0.2, -0.15) is 0 Å². The maximum Gasteiger partial charge on any atom is 0.0733 e. The van der Waals surface area contributed by atoms with Gasteiger partial charge in [-0.25, -0.2) is 0 Å². The molecule has 3 aromatic rings. The Morgan fingerprint density at radius 2 is 2.00 bits per heavy atom. The first-order chi connectivity index (χ1) is 10.4. The van der Waals surface area contributed by atoms with Crippen molar-refractivity contribution in [3.63, 3.8) is 0 Å². The molecule has 0 saturated heterocycles. The van der Waals surface area contributed by atoms with E-state index in [0.29, 0.717) is 6.61 Å². The monoisotopic (exact) mass is 315 g/mol. The van der Waals surface area contributed by atoms with Gasteiger partial charge in [0.1, 0.15) is 0 Å². The first-order valence-corrected chi connectivity index (χ1v) is 8.55. The van der Waals surface area contributed by atoms with Crippen LogP contribution in [0.5, 0.6) is 0 Å². The summed E-state index contributed by atoms with van der Waals surface area (Å²) in [5.74, 6) is 0. The van der Waals surface area contributed by atoms with Crippen molar-refractivity contribution in [2.45, 2.75) is 13.2 Å². The fourth-order valence-electron chi connectivity index (χ4n) is 2.20. The van der Waals surface area contributed by atoms with Crippen molar-refractivity contribution in [1.29, 1.82) is 0 Å². The van der Waals surface area contributed by atoms with Crippen molar-refractivity contribution >= 4 is 28.4 Å². The Bertz CT molecular complexity index is 688. The standard InChI is InChI=1S/C17H17NOS2/c1-19-11-13-5-2-3-6-16(13)18-10-15-9-14(12-21-15)17-7-4-8-20-17/h2-9,12,18H,10-11H2,1H3. The highest BCUT2D eigenvalue weighted by Crippen LogP contribution is 2.29. The van der Waals surface area contributed by atoms with Gasteiger partial charge < -0.3 is 10.1 Å². The van der Waals surface area contributed by atoms with Gasteiger partial charge in [-0.1, -0.05) is 24.3 Å². The third-order valence-corrected chi connectivity index (χ3v) is 5.09. The lowest BCUT2D eigenvalue weighted by Crippen LogP contribution is -2.01. The normalized spacial score (nSPS) is 10.7. The Kier molecular flexibility index (Phi) is 4.70. The molecule has 2 aromatic heterocycles. The van der Waals surface area contributed by atoms with Gasteiger partial charge >= 0.3 is 0 Å². The number of methoxy groups -OCH3 is 1. The zero-order valence-corrected chi connectivity index (χ0v) is 13.5. The minimum Gasteiger partial charge on any atom is -0.380 e. The van der Waals surface area contributed by atoms with Crippen molar-refractivity contribution < 1.29 is 4.74 Å². The summed E-state index contributed by atoms with van der Waals surface area (Å²) < 4.78 is 5.24. The van der Waals surface area contributed by atoms with Crippen LogP contribution in [0.4, 0.5) is 5.69 Å². The summed E-state index contributed by atoms with van der Waals surface area (Å²) >= 11 is 3.58. The third-order valence-electron chi connectivity index (χ3n) is 3.23. The molecule has 0 spiro atoms. The Labute approximate surface area is 133 Å². The van der Waals surface area contributed by atoms with Crippen molar-refractivity contribution in [2.24, 2.45) is 0 Å². The van der Waals surface area contributed by atoms with Crippen LogP contribution in [-0.4, -0.2) is 7.11 Å². The second-order valence-electron chi connectivity index (χ2n) is 4.72. The van der Waals surface area contributed by atoms with Crippen LogP contribution < -0.4 is 5.32 Å². The number of hydrogen-bond acceptors (Lipinski definition) is 4. The summed E-state index contributed by atoms with van der Waals surface area (Å²) in [5.41, 5.74) is 3.65. The summed E-state index contributed by atoms with van der Waals surface area (Å²) in [6.45, 7) is 1.48. The molecule has 1 N–H and O–H groups in total. The summed E-state index contributed by atoms with van der Waals surface area (Å²) in [5, 5.41) is 7.85. The predicted octanol–water partition coefficient (Wildman–Crippen LogP) is 5.24. The van der Waals surface area contributed by atoms with Crippen LogP contribution >= 0.6 is 22.7 Å². The van der Waals surface area contributed by atoms with Crippen molar-refractivity contribution in [2.75, 3.05) is 12.4 Å². The molecule has 4 heteroatoms. The van der Waals surface area contributed by atoms with Crippen molar-refractivity contribution in [3.05, 3.63) is 63.7 Å². The molecule has 21 heavy (non-hydrogen) atoms. The molecule has 0 radical (unpaired) electrons. The van der Waals surface area contributed by atoms with E-state index in [1.165, 1.54) is 20.9 Å². The number of ether oxygens (including phenoxy) is 1. The van der Waals surface area contributed by atoms with E-state index < -0.39 is 0 Å². The van der Waals surface area contributed by atoms with E-state index in [2.05, 4.69) is 46.4 Å². The number of benzene rings is 1. The second kappa shape index (κ2) is 6.89. The molecule has 0 amide bonds. The average molecular weight is 315 g/mol. The van der Waals surface area contributed by atoms with Crippen LogP contribution in [0.1, 0.15) is 10.4 Å². The Morgan fingerprint density at radius 1 is 1.10 bits per heavy atom. The first-order valence-electron chi connectivity index (χ1n) is 6.79. The van der Waals surface area contributed by atoms with Gasteiger partial charge in [0.25, 0.3) is 0 Å². The molecule has 2 heterocycles. The number of thiophene rings is 2. The van der Waals surface area contributed by atoms with Gasteiger partial charge in [-0.3, -0.25) is 0 Å². The molecular formula is C17H17NOS2. The van der Waals surface area contributed by atoms with Crippen LogP contribution in [0.25, 0.3) is 10.4 Å². The van der Waals surface area contributed by atoms with E-state index in [0.717, 1.165) is 12.2 Å². The second-order valence-corrected chi connectivity index (χ2v) is 6.67. The van der Waals surface area contributed by atoms with E-state index in [-0.39, 0.29) is 0 Å². The molecule has 108 valence electrons. The molecule has 0 unspecified atom stereocenters. The maximum atomic E-state index is 5.24. The lowest BCUT2D eigenvalue weighted by atomic mass is 10.2. The fourth-order valence-corrected chi connectivity index (χ4v) is 3.82. The smallest absolute Gasteiger partial charge is 0.0733 e. The molecule has 2 nitrogen and oxygen atoms in total. The number of hydrogen-bond donors (Lipinski definition) is 1. The summed E-state index contributed by atoms with van der Waals surface area (Å²) in [6, 6.07) is 14.8. The van der Waals surface area contributed by atoms with Gasteiger partial charge in [0.2, 0.25) is 0 Å². The molecule has 0 saturated carbocycles. The fraction of sp³-hybridized carbons (Fsp3) is 0.176. The Balaban J connectivity index is 1.68. The molecule has 0 aliphatic rings. The van der Waals surface area contributed by atoms with Crippen molar-refractivity contribution in [1.82, 2.24) is 0 Å². The maximum absolute atomic E-state index is 5.24. The first kappa shape index (κ1) is 14.3. The number of rotatable bonds is 6. The van der Waals surface area contributed by atoms with E-state index in [1.54, 1.807) is 29.8 Å². The lowest BCUT2D eigenvalue weighted by molar-refractivity contribution is 0.185. The van der Waals surface area contributed by atoms with Gasteiger partial charge in [0, 0.05) is 40.2 Å². The van der Waals surface area contributed by atoms with E-state index in [9.17, 15) is 0 Å². The molecule has 3 rings (SSSR count). The van der Waals surface area contributed by atoms with Gasteiger partial charge in [-0.15, -0.1) is 22.7 Å².